The van der Waals surface area contributed by atoms with Gasteiger partial charge in [0.15, 0.2) is 22.9 Å². The van der Waals surface area contributed by atoms with E-state index in [-0.39, 0.29) is 11.6 Å². The summed E-state index contributed by atoms with van der Waals surface area (Å²) in [4.78, 5) is 25.7. The van der Waals surface area contributed by atoms with Gasteiger partial charge < -0.3 is 20.1 Å². The molecular formula is C23H22FN9O2. The van der Waals surface area contributed by atoms with Crippen molar-refractivity contribution in [3.63, 3.8) is 0 Å². The zero-order valence-corrected chi connectivity index (χ0v) is 19.0. The van der Waals surface area contributed by atoms with Crippen LogP contribution in [0.1, 0.15) is 38.5 Å². The van der Waals surface area contributed by atoms with Gasteiger partial charge in [0.1, 0.15) is 17.8 Å². The lowest BCUT2D eigenvalue weighted by atomic mass is 10.1. The number of halogens is 1. The molecule has 1 aliphatic rings. The summed E-state index contributed by atoms with van der Waals surface area (Å²) in [5.41, 5.74) is 8.07. The number of nitrogen functional groups attached to an aromatic ring is 1. The molecule has 1 saturated carbocycles. The van der Waals surface area contributed by atoms with Gasteiger partial charge in [-0.2, -0.15) is 0 Å². The van der Waals surface area contributed by atoms with E-state index in [0.717, 1.165) is 35.1 Å². The van der Waals surface area contributed by atoms with Crippen molar-refractivity contribution in [2.75, 3.05) is 16.4 Å². The highest BCUT2D eigenvalue weighted by Gasteiger charge is 2.28. The number of nitrogens with one attached hydrogen (secondary N) is 2. The van der Waals surface area contributed by atoms with Crippen molar-refractivity contribution in [1.29, 1.82) is 0 Å². The number of carbonyl (C=O) groups excluding carboxylic acids is 1. The monoisotopic (exact) mass is 475 g/mol. The molecule has 0 atom stereocenters. The summed E-state index contributed by atoms with van der Waals surface area (Å²) in [7, 11) is 0. The number of aromatic nitrogens is 6. The Morgan fingerprint density at radius 3 is 2.77 bits per heavy atom. The zero-order chi connectivity index (χ0) is 24.3. The normalized spacial score (nSPS) is 14.0. The minimum Gasteiger partial charge on any atom is -0.383 e. The Morgan fingerprint density at radius 1 is 1.20 bits per heavy atom. The second kappa shape index (κ2) is 7.52. The van der Waals surface area contributed by atoms with Crippen LogP contribution in [-0.2, 0) is 5.67 Å². The number of hydrogen-bond donors (Lipinski definition) is 3. The van der Waals surface area contributed by atoms with E-state index >= 15 is 0 Å². The van der Waals surface area contributed by atoms with Gasteiger partial charge in [-0.1, -0.05) is 5.16 Å². The number of alkyl halides is 1. The molecule has 5 aromatic rings. The zero-order valence-electron chi connectivity index (χ0n) is 19.0. The molecule has 0 aliphatic heterocycles. The minimum absolute atomic E-state index is 0.0152. The molecule has 0 bridgehead atoms. The SMILES string of the molecule is CC(C)(F)c1cc(NC(=O)Nc2ccc(-c3cn(C4CC4)c4ncnc(N)c34)n3ccnc23)no1. The maximum Gasteiger partial charge on any atom is 0.325 e. The molecule has 6 rings (SSSR count). The highest BCUT2D eigenvalue weighted by molar-refractivity contribution is 6.03. The second-order valence-electron chi connectivity index (χ2n) is 9.02. The number of nitrogens with zero attached hydrogens (tertiary/aromatic N) is 6. The molecule has 0 spiro atoms. The summed E-state index contributed by atoms with van der Waals surface area (Å²) >= 11 is 0. The number of fused-ring (bicyclic) bond motifs is 2. The fourth-order valence-electron chi connectivity index (χ4n) is 4.15. The minimum atomic E-state index is -1.71. The summed E-state index contributed by atoms with van der Waals surface area (Å²) in [6, 6.07) is 4.82. The van der Waals surface area contributed by atoms with Crippen molar-refractivity contribution in [2.45, 2.75) is 38.4 Å². The predicted octanol–water partition coefficient (Wildman–Crippen LogP) is 4.50. The van der Waals surface area contributed by atoms with Crippen LogP contribution in [0.2, 0.25) is 0 Å². The lowest BCUT2D eigenvalue weighted by Gasteiger charge is -2.11. The molecule has 2 amide bonds. The van der Waals surface area contributed by atoms with Crippen LogP contribution in [0.5, 0.6) is 0 Å². The summed E-state index contributed by atoms with van der Waals surface area (Å²) in [6.45, 7) is 2.69. The molecule has 5 heterocycles. The number of nitrogens with two attached hydrogens (primary N) is 1. The first-order chi connectivity index (χ1) is 16.8. The van der Waals surface area contributed by atoms with E-state index in [9.17, 15) is 9.18 Å². The number of pyridine rings is 1. The van der Waals surface area contributed by atoms with Crippen LogP contribution in [0.3, 0.4) is 0 Å². The molecule has 5 aromatic heterocycles. The average Bonchev–Trinajstić information content (AvgIpc) is 3.20. The maximum atomic E-state index is 14.0. The molecule has 0 saturated heterocycles. The van der Waals surface area contributed by atoms with E-state index in [1.54, 1.807) is 18.5 Å². The second-order valence-corrected chi connectivity index (χ2v) is 9.02. The predicted molar refractivity (Wildman–Crippen MR) is 128 cm³/mol. The number of hydrogen-bond acceptors (Lipinski definition) is 7. The lowest BCUT2D eigenvalue weighted by Crippen LogP contribution is -2.20. The Labute approximate surface area is 198 Å². The molecule has 1 fully saturated rings. The molecule has 4 N–H and O–H groups in total. The van der Waals surface area contributed by atoms with Crippen LogP contribution < -0.4 is 16.4 Å². The van der Waals surface area contributed by atoms with Gasteiger partial charge in [-0.15, -0.1) is 0 Å². The smallest absolute Gasteiger partial charge is 0.325 e. The number of imidazole rings is 1. The number of rotatable bonds is 5. The van der Waals surface area contributed by atoms with Gasteiger partial charge in [-0.3, -0.25) is 9.72 Å². The highest BCUT2D eigenvalue weighted by Crippen LogP contribution is 2.42. The molecule has 0 radical (unpaired) electrons. The topological polar surface area (TPSA) is 141 Å². The van der Waals surface area contributed by atoms with Crippen LogP contribution in [0.15, 0.2) is 47.6 Å². The van der Waals surface area contributed by atoms with Gasteiger partial charge in [0.05, 0.1) is 16.8 Å². The number of amides is 2. The van der Waals surface area contributed by atoms with Crippen molar-refractivity contribution in [2.24, 2.45) is 0 Å². The summed E-state index contributed by atoms with van der Waals surface area (Å²) in [5.74, 6) is 0.520. The molecular weight excluding hydrogens is 453 g/mol. The van der Waals surface area contributed by atoms with Gasteiger partial charge >= 0.3 is 6.03 Å². The van der Waals surface area contributed by atoms with Crippen LogP contribution in [0, 0.1) is 0 Å². The third kappa shape index (κ3) is 3.63. The van der Waals surface area contributed by atoms with Crippen LogP contribution in [0.25, 0.3) is 27.9 Å². The maximum absolute atomic E-state index is 14.0. The van der Waals surface area contributed by atoms with E-state index in [4.69, 9.17) is 10.3 Å². The molecule has 178 valence electrons. The standard InChI is InChI=1S/C23H22FN9O2/c1-23(2,24)16-9-17(31-35-16)30-22(34)29-14-5-6-15(32-8-7-26-20(14)32)13-10-33(12-3-4-12)21-18(13)19(25)27-11-28-21/h5-12H,3-4H2,1-2H3,(H2,25,27,28)(H2,29,30,31,34). The highest BCUT2D eigenvalue weighted by atomic mass is 19.1. The van der Waals surface area contributed by atoms with Gasteiger partial charge in [-0.25, -0.2) is 24.1 Å². The Balaban J connectivity index is 1.34. The van der Waals surface area contributed by atoms with Crippen molar-refractivity contribution in [3.8, 4) is 11.3 Å². The lowest BCUT2D eigenvalue weighted by molar-refractivity contribution is 0.163. The fourth-order valence-corrected chi connectivity index (χ4v) is 4.15. The fraction of sp³-hybridized carbons (Fsp3) is 0.261. The van der Waals surface area contributed by atoms with E-state index in [2.05, 4.69) is 41.5 Å². The quantitative estimate of drug-likeness (QED) is 0.340. The van der Waals surface area contributed by atoms with E-state index in [0.29, 0.717) is 23.2 Å². The van der Waals surface area contributed by atoms with Crippen molar-refractivity contribution < 1.29 is 13.7 Å². The first kappa shape index (κ1) is 21.1. The number of anilines is 3. The van der Waals surface area contributed by atoms with Gasteiger partial charge in [0.25, 0.3) is 0 Å². The van der Waals surface area contributed by atoms with Crippen molar-refractivity contribution in [1.82, 2.24) is 29.1 Å². The molecule has 1 aliphatic carbocycles. The summed E-state index contributed by atoms with van der Waals surface area (Å²) in [5, 5.41) is 9.79. The molecule has 11 nitrogen and oxygen atoms in total. The number of carbonyl (C=O) groups is 1. The Hall–Kier alpha value is -4.48. The molecule has 0 unspecified atom stereocenters. The molecule has 12 heteroatoms. The summed E-state index contributed by atoms with van der Waals surface area (Å²) in [6.07, 6.45) is 9.18. The van der Waals surface area contributed by atoms with Crippen LogP contribution in [0.4, 0.5) is 26.5 Å². The molecule has 35 heavy (non-hydrogen) atoms. The largest absolute Gasteiger partial charge is 0.383 e. The Morgan fingerprint density at radius 2 is 2.03 bits per heavy atom. The average molecular weight is 475 g/mol. The Bertz CT molecular complexity index is 1590. The van der Waals surface area contributed by atoms with E-state index < -0.39 is 11.7 Å². The van der Waals surface area contributed by atoms with Gasteiger partial charge in [0, 0.05) is 36.3 Å². The van der Waals surface area contributed by atoms with E-state index in [1.165, 1.54) is 26.2 Å². The van der Waals surface area contributed by atoms with Gasteiger partial charge in [0.2, 0.25) is 0 Å². The Kier molecular flexibility index (Phi) is 4.53. The molecule has 0 aromatic carbocycles. The van der Waals surface area contributed by atoms with Crippen LogP contribution >= 0.6 is 0 Å². The van der Waals surface area contributed by atoms with E-state index in [1.807, 2.05) is 10.5 Å². The summed E-state index contributed by atoms with van der Waals surface area (Å²) < 4.78 is 23.0. The van der Waals surface area contributed by atoms with Crippen molar-refractivity contribution >= 4 is 40.0 Å². The number of urea groups is 1. The first-order valence-corrected chi connectivity index (χ1v) is 11.1. The van der Waals surface area contributed by atoms with Crippen molar-refractivity contribution in [3.05, 3.63) is 48.9 Å². The first-order valence-electron chi connectivity index (χ1n) is 11.1. The van der Waals surface area contributed by atoms with Gasteiger partial charge in [-0.05, 0) is 38.8 Å². The third-order valence-corrected chi connectivity index (χ3v) is 5.99. The van der Waals surface area contributed by atoms with Crippen LogP contribution in [-0.4, -0.2) is 35.1 Å². The third-order valence-electron chi connectivity index (χ3n) is 5.99.